The number of hydrogen-bond donors (Lipinski definition) is 3. The Morgan fingerprint density at radius 2 is 1.85 bits per heavy atom. The van der Waals surface area contributed by atoms with Gasteiger partial charge in [-0.25, -0.2) is 4.98 Å². The fourth-order valence-electron chi connectivity index (χ4n) is 4.75. The van der Waals surface area contributed by atoms with Gasteiger partial charge in [0.15, 0.2) is 0 Å². The molecule has 1 saturated heterocycles. The molecule has 3 N–H and O–H groups in total. The molecule has 2 aromatic carbocycles. The van der Waals surface area contributed by atoms with E-state index in [-0.39, 0.29) is 38.2 Å². The van der Waals surface area contributed by atoms with Crippen molar-refractivity contribution < 1.29 is 27.5 Å². The van der Waals surface area contributed by atoms with Crippen molar-refractivity contribution in [1.29, 1.82) is 0 Å². The van der Waals surface area contributed by atoms with Crippen LogP contribution in [0.4, 0.5) is 41.7 Å². The normalized spacial score (nSPS) is 16.5. The van der Waals surface area contributed by atoms with Gasteiger partial charge < -0.3 is 30.5 Å². The lowest BCUT2D eigenvalue weighted by molar-refractivity contribution is -0.186. The first kappa shape index (κ1) is 26.1. The lowest BCUT2D eigenvalue weighted by Crippen LogP contribution is -2.60. The highest BCUT2D eigenvalue weighted by Crippen LogP contribution is 2.38. The Kier molecular flexibility index (Phi) is 6.94. The van der Waals surface area contributed by atoms with Gasteiger partial charge in [0.25, 0.3) is 5.91 Å². The summed E-state index contributed by atoms with van der Waals surface area (Å²) < 4.78 is 44.5. The Bertz CT molecular complexity index is 1410. The van der Waals surface area contributed by atoms with Crippen molar-refractivity contribution in [3.8, 4) is 5.75 Å². The van der Waals surface area contributed by atoms with E-state index in [1.807, 2.05) is 48.2 Å². The van der Waals surface area contributed by atoms with Gasteiger partial charge in [0.2, 0.25) is 0 Å². The molecule has 0 bridgehead atoms. The number of benzene rings is 2. The first-order valence-electron chi connectivity index (χ1n) is 12.4. The van der Waals surface area contributed by atoms with Gasteiger partial charge >= 0.3 is 12.1 Å². The monoisotopic (exact) mass is 540 g/mol. The molecular weight excluding hydrogens is 513 g/mol. The number of aryl methyl sites for hydroxylation is 1. The third-order valence-electron chi connectivity index (χ3n) is 6.76. The van der Waals surface area contributed by atoms with Crippen molar-refractivity contribution in [3.63, 3.8) is 0 Å². The second kappa shape index (κ2) is 10.4. The molecular formula is C27H27F3N6O3. The predicted octanol–water partition coefficient (Wildman–Crippen LogP) is 4.21. The Hall–Kier alpha value is -4.48. The van der Waals surface area contributed by atoms with Gasteiger partial charge in [0.1, 0.15) is 18.2 Å². The van der Waals surface area contributed by atoms with E-state index < -0.39 is 12.1 Å². The van der Waals surface area contributed by atoms with Crippen LogP contribution in [0.3, 0.4) is 0 Å². The van der Waals surface area contributed by atoms with Crippen LogP contribution in [0.1, 0.15) is 15.9 Å². The molecule has 0 saturated carbocycles. The maximum absolute atomic E-state index is 12.9. The SMILES string of the molecule is CNC(=O)c1ccccc1Nc1cc(Nc2ccc3c(c2)OCC2CN(C(=O)C(F)(F)F)CCN32)ncc1C. The molecule has 1 fully saturated rings. The third kappa shape index (κ3) is 5.40. The number of ether oxygens (including phenoxy) is 1. The van der Waals surface area contributed by atoms with Crippen LogP contribution in [0.25, 0.3) is 0 Å². The van der Waals surface area contributed by atoms with E-state index in [2.05, 4.69) is 20.9 Å². The number of hydrogen-bond acceptors (Lipinski definition) is 7. The second-order valence-electron chi connectivity index (χ2n) is 9.35. The van der Waals surface area contributed by atoms with Crippen LogP contribution >= 0.6 is 0 Å². The van der Waals surface area contributed by atoms with Gasteiger partial charge in [-0.1, -0.05) is 12.1 Å². The molecule has 2 amide bonds. The average Bonchev–Trinajstić information content (AvgIpc) is 2.93. The number of rotatable bonds is 5. The Balaban J connectivity index is 1.31. The van der Waals surface area contributed by atoms with Crippen LogP contribution in [0.5, 0.6) is 5.75 Å². The molecule has 3 heterocycles. The summed E-state index contributed by atoms with van der Waals surface area (Å²) in [5.74, 6) is -0.859. The number of pyridine rings is 1. The molecule has 1 atom stereocenters. The molecule has 39 heavy (non-hydrogen) atoms. The van der Waals surface area contributed by atoms with Gasteiger partial charge in [0, 0.05) is 56.4 Å². The summed E-state index contributed by atoms with van der Waals surface area (Å²) in [6.45, 7) is 2.29. The van der Waals surface area contributed by atoms with Crippen molar-refractivity contribution >= 4 is 40.4 Å². The molecule has 12 heteroatoms. The predicted molar refractivity (Wildman–Crippen MR) is 141 cm³/mol. The number of aromatic nitrogens is 1. The number of fused-ring (bicyclic) bond motifs is 3. The van der Waals surface area contributed by atoms with Gasteiger partial charge in [-0.3, -0.25) is 9.59 Å². The zero-order chi connectivity index (χ0) is 27.7. The fourth-order valence-corrected chi connectivity index (χ4v) is 4.75. The van der Waals surface area contributed by atoms with Gasteiger partial charge in [-0.2, -0.15) is 13.2 Å². The minimum Gasteiger partial charge on any atom is -0.489 e. The highest BCUT2D eigenvalue weighted by Gasteiger charge is 2.45. The number of halogens is 3. The number of anilines is 5. The summed E-state index contributed by atoms with van der Waals surface area (Å²) in [4.78, 5) is 31.2. The molecule has 0 radical (unpaired) electrons. The number of carbonyl (C=O) groups is 2. The van der Waals surface area contributed by atoms with E-state index in [0.717, 1.165) is 21.8 Å². The van der Waals surface area contributed by atoms with Gasteiger partial charge in [-0.15, -0.1) is 0 Å². The largest absolute Gasteiger partial charge is 0.489 e. The number of nitrogens with one attached hydrogen (secondary N) is 3. The lowest BCUT2D eigenvalue weighted by Gasteiger charge is -2.45. The molecule has 0 aliphatic carbocycles. The maximum Gasteiger partial charge on any atom is 0.471 e. The topological polar surface area (TPSA) is 98.8 Å². The average molecular weight is 541 g/mol. The highest BCUT2D eigenvalue weighted by molar-refractivity contribution is 6.00. The number of nitrogens with zero attached hydrogens (tertiary/aromatic N) is 3. The number of para-hydroxylation sites is 1. The van der Waals surface area contributed by atoms with E-state index in [1.165, 1.54) is 0 Å². The van der Waals surface area contributed by atoms with Crippen LogP contribution in [0.15, 0.2) is 54.7 Å². The quantitative estimate of drug-likeness (QED) is 0.446. The maximum atomic E-state index is 12.9. The van der Waals surface area contributed by atoms with Crippen molar-refractivity contribution in [2.45, 2.75) is 19.1 Å². The number of amides is 2. The van der Waals surface area contributed by atoms with Crippen molar-refractivity contribution in [3.05, 3.63) is 65.9 Å². The standard InChI is InChI=1S/C27H27F3N6O3/c1-16-13-32-24(12-21(16)34-20-6-4-3-5-19(20)25(37)31-2)33-17-7-8-22-23(11-17)39-15-18-14-35(9-10-36(18)22)26(38)27(28,29)30/h3-8,11-13,18H,9-10,14-15H2,1-2H3,(H,31,37)(H2,32,33,34). The molecule has 0 spiro atoms. The summed E-state index contributed by atoms with van der Waals surface area (Å²) in [6, 6.07) is 14.2. The smallest absolute Gasteiger partial charge is 0.471 e. The van der Waals surface area contributed by atoms with Gasteiger partial charge in [0.05, 0.1) is 23.0 Å². The Labute approximate surface area is 223 Å². The van der Waals surface area contributed by atoms with Crippen LogP contribution in [-0.4, -0.2) is 67.2 Å². The Morgan fingerprint density at radius 3 is 2.62 bits per heavy atom. The first-order chi connectivity index (χ1) is 18.6. The molecule has 9 nitrogen and oxygen atoms in total. The molecule has 2 aliphatic rings. The summed E-state index contributed by atoms with van der Waals surface area (Å²) in [6.07, 6.45) is -3.17. The second-order valence-corrected chi connectivity index (χ2v) is 9.35. The third-order valence-corrected chi connectivity index (χ3v) is 6.76. The van der Waals surface area contributed by atoms with E-state index in [1.54, 1.807) is 25.4 Å². The van der Waals surface area contributed by atoms with Crippen molar-refractivity contribution in [2.24, 2.45) is 0 Å². The van der Waals surface area contributed by atoms with E-state index >= 15 is 0 Å². The van der Waals surface area contributed by atoms with Crippen LogP contribution in [0, 0.1) is 6.92 Å². The van der Waals surface area contributed by atoms with Crippen molar-refractivity contribution in [2.75, 3.05) is 48.8 Å². The molecule has 204 valence electrons. The van der Waals surface area contributed by atoms with E-state index in [0.29, 0.717) is 28.5 Å². The van der Waals surface area contributed by atoms with Crippen LogP contribution < -0.4 is 25.6 Å². The summed E-state index contributed by atoms with van der Waals surface area (Å²) in [7, 11) is 1.58. The summed E-state index contributed by atoms with van der Waals surface area (Å²) in [5, 5.41) is 9.21. The zero-order valence-corrected chi connectivity index (χ0v) is 21.3. The summed E-state index contributed by atoms with van der Waals surface area (Å²) >= 11 is 0. The molecule has 1 unspecified atom stereocenters. The van der Waals surface area contributed by atoms with Crippen molar-refractivity contribution in [1.82, 2.24) is 15.2 Å². The molecule has 5 rings (SSSR count). The fraction of sp³-hybridized carbons (Fsp3) is 0.296. The molecule has 1 aromatic heterocycles. The zero-order valence-electron chi connectivity index (χ0n) is 21.3. The minimum absolute atomic E-state index is 0.0135. The first-order valence-corrected chi connectivity index (χ1v) is 12.4. The molecule has 3 aromatic rings. The number of piperazine rings is 1. The minimum atomic E-state index is -4.89. The Morgan fingerprint density at radius 1 is 1.05 bits per heavy atom. The van der Waals surface area contributed by atoms with Crippen LogP contribution in [0.2, 0.25) is 0 Å². The van der Waals surface area contributed by atoms with E-state index in [4.69, 9.17) is 4.74 Å². The summed E-state index contributed by atoms with van der Waals surface area (Å²) in [5.41, 5.74) is 4.31. The van der Waals surface area contributed by atoms with E-state index in [9.17, 15) is 22.8 Å². The number of carbonyl (C=O) groups excluding carboxylic acids is 2. The lowest BCUT2D eigenvalue weighted by atomic mass is 10.1. The van der Waals surface area contributed by atoms with Gasteiger partial charge in [-0.05, 0) is 36.8 Å². The number of alkyl halides is 3. The van der Waals surface area contributed by atoms with Crippen LogP contribution in [-0.2, 0) is 4.79 Å². The molecule has 2 aliphatic heterocycles. The highest BCUT2D eigenvalue weighted by atomic mass is 19.4.